The van der Waals surface area contributed by atoms with Crippen molar-refractivity contribution in [2.75, 3.05) is 0 Å². The fourth-order valence-electron chi connectivity index (χ4n) is 2.06. The molecule has 0 aliphatic rings. The van der Waals surface area contributed by atoms with Crippen LogP contribution in [-0.2, 0) is 0 Å². The third-order valence-electron chi connectivity index (χ3n) is 3.03. The van der Waals surface area contributed by atoms with E-state index in [-0.39, 0.29) is 0 Å². The zero-order valence-electron chi connectivity index (χ0n) is 10.5. The number of aldehydes is 1. The van der Waals surface area contributed by atoms with E-state index in [4.69, 9.17) is 0 Å². The van der Waals surface area contributed by atoms with E-state index >= 15 is 0 Å². The molecule has 3 aromatic rings. The highest BCUT2D eigenvalue weighted by Crippen LogP contribution is 2.29. The van der Waals surface area contributed by atoms with Gasteiger partial charge in [0.15, 0.2) is 6.29 Å². The predicted molar refractivity (Wildman–Crippen MR) is 82.1 cm³/mol. The lowest BCUT2D eigenvalue weighted by atomic mass is 10.1. The molecule has 0 amide bonds. The van der Waals surface area contributed by atoms with Gasteiger partial charge < -0.3 is 0 Å². The molecule has 0 bridgehead atoms. The zero-order valence-corrected chi connectivity index (χ0v) is 12.1. The van der Waals surface area contributed by atoms with Crippen molar-refractivity contribution in [3.63, 3.8) is 0 Å². The molecule has 0 saturated carbocycles. The summed E-state index contributed by atoms with van der Waals surface area (Å²) in [5, 5.41) is 4.56. The molecule has 0 aliphatic heterocycles. The molecule has 0 fully saturated rings. The molecule has 0 radical (unpaired) electrons. The van der Waals surface area contributed by atoms with Crippen molar-refractivity contribution in [2.24, 2.45) is 0 Å². The minimum atomic E-state index is 0.556. The van der Waals surface area contributed by atoms with Gasteiger partial charge in [0, 0.05) is 5.56 Å². The third-order valence-corrected chi connectivity index (χ3v) is 3.79. The molecule has 0 saturated heterocycles. The van der Waals surface area contributed by atoms with Crippen molar-refractivity contribution in [1.29, 1.82) is 0 Å². The molecule has 4 heteroatoms. The Morgan fingerprint density at radius 3 is 2.15 bits per heavy atom. The maximum absolute atomic E-state index is 11.4. The lowest BCUT2D eigenvalue weighted by Crippen LogP contribution is -1.96. The van der Waals surface area contributed by atoms with Gasteiger partial charge >= 0.3 is 0 Å². The number of nitrogens with zero attached hydrogens (tertiary/aromatic N) is 2. The highest BCUT2D eigenvalue weighted by molar-refractivity contribution is 9.10. The van der Waals surface area contributed by atoms with Crippen molar-refractivity contribution in [1.82, 2.24) is 9.78 Å². The number of halogens is 1. The second-order valence-corrected chi connectivity index (χ2v) is 5.04. The van der Waals surface area contributed by atoms with Gasteiger partial charge in [0.05, 0.1) is 11.3 Å². The van der Waals surface area contributed by atoms with Crippen LogP contribution in [0.5, 0.6) is 0 Å². The van der Waals surface area contributed by atoms with Crippen LogP contribution in [0.2, 0.25) is 0 Å². The second kappa shape index (κ2) is 5.43. The summed E-state index contributed by atoms with van der Waals surface area (Å²) in [5.41, 5.74) is 3.06. The molecule has 0 aliphatic carbocycles. The van der Waals surface area contributed by atoms with Crippen LogP contribution in [-0.4, -0.2) is 16.1 Å². The van der Waals surface area contributed by atoms with Gasteiger partial charge in [-0.1, -0.05) is 48.5 Å². The Labute approximate surface area is 125 Å². The Kier molecular flexibility index (Phi) is 3.48. The van der Waals surface area contributed by atoms with Crippen molar-refractivity contribution >= 4 is 22.2 Å². The minimum Gasteiger partial charge on any atom is -0.298 e. The number of carbonyl (C=O) groups excluding carboxylic acids is 1. The van der Waals surface area contributed by atoms with E-state index in [9.17, 15) is 4.79 Å². The number of hydrogen-bond acceptors (Lipinski definition) is 2. The van der Waals surface area contributed by atoms with Crippen LogP contribution in [0.4, 0.5) is 0 Å². The maximum Gasteiger partial charge on any atom is 0.155 e. The Morgan fingerprint density at radius 2 is 1.55 bits per heavy atom. The fourth-order valence-corrected chi connectivity index (χ4v) is 2.63. The largest absolute Gasteiger partial charge is 0.298 e. The molecular formula is C16H11BrN2O. The van der Waals surface area contributed by atoms with Crippen LogP contribution in [0.1, 0.15) is 10.4 Å². The average molecular weight is 327 g/mol. The van der Waals surface area contributed by atoms with E-state index in [0.29, 0.717) is 15.9 Å². The predicted octanol–water partition coefficient (Wildman–Crippen LogP) is 4.11. The van der Waals surface area contributed by atoms with Crippen molar-refractivity contribution in [3.8, 4) is 16.9 Å². The molecule has 1 aromatic heterocycles. The topological polar surface area (TPSA) is 34.9 Å². The summed E-state index contributed by atoms with van der Waals surface area (Å²) in [6, 6.07) is 19.4. The van der Waals surface area contributed by atoms with Gasteiger partial charge in [0.1, 0.15) is 10.3 Å². The zero-order chi connectivity index (χ0) is 13.9. The van der Waals surface area contributed by atoms with E-state index in [1.165, 1.54) is 0 Å². The van der Waals surface area contributed by atoms with Crippen LogP contribution in [0, 0.1) is 0 Å². The Morgan fingerprint density at radius 1 is 0.950 bits per heavy atom. The van der Waals surface area contributed by atoms with Gasteiger partial charge in [0.25, 0.3) is 0 Å². The number of para-hydroxylation sites is 1. The van der Waals surface area contributed by atoms with Gasteiger partial charge in [-0.05, 0) is 28.1 Å². The van der Waals surface area contributed by atoms with E-state index in [1.54, 1.807) is 4.68 Å². The molecule has 0 unspecified atom stereocenters. The van der Waals surface area contributed by atoms with Crippen LogP contribution in [0.15, 0.2) is 65.3 Å². The van der Waals surface area contributed by atoms with Crippen molar-refractivity contribution in [3.05, 3.63) is 70.8 Å². The van der Waals surface area contributed by atoms with Gasteiger partial charge in [-0.25, -0.2) is 4.68 Å². The fraction of sp³-hybridized carbons (Fsp3) is 0. The van der Waals surface area contributed by atoms with E-state index < -0.39 is 0 Å². The van der Waals surface area contributed by atoms with Crippen molar-refractivity contribution in [2.45, 2.75) is 0 Å². The lowest BCUT2D eigenvalue weighted by Gasteiger charge is -2.01. The summed E-state index contributed by atoms with van der Waals surface area (Å²) >= 11 is 3.47. The monoisotopic (exact) mass is 326 g/mol. The summed E-state index contributed by atoms with van der Waals surface area (Å²) in [6.45, 7) is 0. The van der Waals surface area contributed by atoms with Crippen molar-refractivity contribution < 1.29 is 4.79 Å². The SMILES string of the molecule is O=Cc1c(-c2ccccc2)nn(-c2ccccc2)c1Br. The van der Waals surface area contributed by atoms with Gasteiger partial charge in [-0.2, -0.15) is 5.10 Å². The van der Waals surface area contributed by atoms with Gasteiger partial charge in [-0.3, -0.25) is 4.79 Å². The highest BCUT2D eigenvalue weighted by Gasteiger charge is 2.17. The molecule has 20 heavy (non-hydrogen) atoms. The minimum absolute atomic E-state index is 0.556. The quantitative estimate of drug-likeness (QED) is 0.679. The first-order valence-electron chi connectivity index (χ1n) is 6.16. The summed E-state index contributed by atoms with van der Waals surface area (Å²) in [5.74, 6) is 0. The third kappa shape index (κ3) is 2.18. The molecule has 0 atom stereocenters. The number of carbonyl (C=O) groups is 1. The van der Waals surface area contributed by atoms with Gasteiger partial charge in [0.2, 0.25) is 0 Å². The van der Waals surface area contributed by atoms with E-state index in [1.807, 2.05) is 60.7 Å². The average Bonchev–Trinajstić information content (AvgIpc) is 2.86. The highest BCUT2D eigenvalue weighted by atomic mass is 79.9. The molecule has 1 heterocycles. The second-order valence-electron chi connectivity index (χ2n) is 4.28. The molecule has 0 N–H and O–H groups in total. The molecular weight excluding hydrogens is 316 g/mol. The first kappa shape index (κ1) is 12.8. The summed E-state index contributed by atoms with van der Waals surface area (Å²) in [7, 11) is 0. The Balaban J connectivity index is 2.21. The van der Waals surface area contributed by atoms with Crippen LogP contribution in [0.3, 0.4) is 0 Å². The number of hydrogen-bond donors (Lipinski definition) is 0. The standard InChI is InChI=1S/C16H11BrN2O/c17-16-14(11-20)15(12-7-3-1-4-8-12)18-19(16)13-9-5-2-6-10-13/h1-11H. The molecule has 3 nitrogen and oxygen atoms in total. The van der Waals surface area contributed by atoms with Crippen LogP contribution < -0.4 is 0 Å². The van der Waals surface area contributed by atoms with E-state index in [0.717, 1.165) is 17.5 Å². The first-order chi connectivity index (χ1) is 9.81. The number of aromatic nitrogens is 2. The molecule has 3 rings (SSSR count). The van der Waals surface area contributed by atoms with Crippen LogP contribution in [0.25, 0.3) is 16.9 Å². The summed E-state index contributed by atoms with van der Waals surface area (Å²) in [4.78, 5) is 11.4. The Hall–Kier alpha value is -2.20. The molecule has 98 valence electrons. The Bertz CT molecular complexity index is 736. The van der Waals surface area contributed by atoms with Gasteiger partial charge in [-0.15, -0.1) is 0 Å². The maximum atomic E-state index is 11.4. The molecule has 2 aromatic carbocycles. The smallest absolute Gasteiger partial charge is 0.155 e. The lowest BCUT2D eigenvalue weighted by molar-refractivity contribution is 0.112. The normalized spacial score (nSPS) is 10.4. The number of rotatable bonds is 3. The summed E-state index contributed by atoms with van der Waals surface area (Å²) < 4.78 is 2.39. The summed E-state index contributed by atoms with van der Waals surface area (Å²) in [6.07, 6.45) is 0.832. The molecule has 0 spiro atoms. The van der Waals surface area contributed by atoms with E-state index in [2.05, 4.69) is 21.0 Å². The number of benzene rings is 2. The first-order valence-corrected chi connectivity index (χ1v) is 6.95. The van der Waals surface area contributed by atoms with Crippen LogP contribution >= 0.6 is 15.9 Å².